The first-order valence-corrected chi connectivity index (χ1v) is 13.2. The number of Topliss-reactive ketones (excluding diaryl/α,β-unsaturated/α-hetero) is 4. The molecular weight excluding hydrogens is 514 g/mol. The maximum atomic E-state index is 13.9. The van der Waals surface area contributed by atoms with E-state index in [1.54, 1.807) is 20.2 Å². The third-order valence-corrected chi connectivity index (χ3v) is 8.71. The van der Waals surface area contributed by atoms with Gasteiger partial charge in [-0.15, -0.1) is 0 Å². The summed E-state index contributed by atoms with van der Waals surface area (Å²) in [7, 11) is 7.07. The standard InChI is InChI=1S/C30H33N3O7/c1-32(2)13-14-5-7-15(8-6-14)17-9-10-20(34)22-18(17)11-16-12-19-24(33(3)4)26(36)23(29(31)39)28(38)30(19,40)27(37)21(16)25(22)35/h5-10,16,19,21,23-24,34,40H,11-13H2,1-4H3,(H2,31,39)/t16-,19-,21?,23?,24?,30-/m0/s1. The van der Waals surface area contributed by atoms with Crippen molar-refractivity contribution < 1.29 is 34.2 Å². The van der Waals surface area contributed by atoms with Crippen LogP contribution in [0.15, 0.2) is 36.4 Å². The van der Waals surface area contributed by atoms with E-state index in [1.165, 1.54) is 11.0 Å². The SMILES string of the molecule is CN(C)Cc1ccc(-c2ccc(O)c3c2C[C@H]2C[C@H]4C(N(C)C)C(=O)C(C(N)=O)C(=O)[C@@]4(O)C(=O)C2C3=O)cc1. The highest BCUT2D eigenvalue weighted by atomic mass is 16.3. The van der Waals surface area contributed by atoms with Crippen LogP contribution in [0.5, 0.6) is 5.75 Å². The van der Waals surface area contributed by atoms with Crippen molar-refractivity contribution >= 4 is 29.0 Å². The maximum absolute atomic E-state index is 13.9. The molecule has 210 valence electrons. The fraction of sp³-hybridized carbons (Fsp3) is 0.433. The summed E-state index contributed by atoms with van der Waals surface area (Å²) >= 11 is 0. The second-order valence-electron chi connectivity index (χ2n) is 11.7. The van der Waals surface area contributed by atoms with E-state index in [9.17, 15) is 34.2 Å². The quantitative estimate of drug-likeness (QED) is 0.456. The van der Waals surface area contributed by atoms with Crippen LogP contribution < -0.4 is 5.73 Å². The highest BCUT2D eigenvalue weighted by Gasteiger charge is 2.69. The molecule has 0 saturated heterocycles. The fourth-order valence-corrected chi connectivity index (χ4v) is 7.03. The zero-order valence-corrected chi connectivity index (χ0v) is 22.9. The summed E-state index contributed by atoms with van der Waals surface area (Å²) in [5.41, 5.74) is 5.87. The number of rotatable bonds is 5. The van der Waals surface area contributed by atoms with Gasteiger partial charge in [-0.1, -0.05) is 30.3 Å². The van der Waals surface area contributed by atoms with Crippen molar-refractivity contribution in [2.75, 3.05) is 28.2 Å². The van der Waals surface area contributed by atoms with Crippen molar-refractivity contribution in [2.24, 2.45) is 29.4 Å². The van der Waals surface area contributed by atoms with Crippen molar-refractivity contribution in [2.45, 2.75) is 31.0 Å². The zero-order chi connectivity index (χ0) is 29.3. The molecule has 2 aromatic carbocycles. The van der Waals surface area contributed by atoms with Crippen LogP contribution in [-0.2, 0) is 32.1 Å². The Labute approximate surface area is 231 Å². The van der Waals surface area contributed by atoms with Crippen LogP contribution >= 0.6 is 0 Å². The van der Waals surface area contributed by atoms with Gasteiger partial charge in [-0.05, 0) is 75.3 Å². The van der Waals surface area contributed by atoms with Crippen molar-refractivity contribution in [1.82, 2.24) is 9.80 Å². The number of likely N-dealkylation sites (N-methyl/N-ethyl adjacent to an activating group) is 1. The predicted molar refractivity (Wildman–Crippen MR) is 144 cm³/mol. The number of aromatic hydroxyl groups is 1. The van der Waals surface area contributed by atoms with Crippen LogP contribution in [0.1, 0.15) is 27.9 Å². The van der Waals surface area contributed by atoms with E-state index in [0.717, 1.165) is 23.2 Å². The van der Waals surface area contributed by atoms with E-state index >= 15 is 0 Å². The smallest absolute Gasteiger partial charge is 0.235 e. The Morgan fingerprint density at radius 1 is 1.00 bits per heavy atom. The molecule has 40 heavy (non-hydrogen) atoms. The van der Waals surface area contributed by atoms with E-state index < -0.39 is 64.4 Å². The van der Waals surface area contributed by atoms with Gasteiger partial charge in [0.15, 0.2) is 34.7 Å². The summed E-state index contributed by atoms with van der Waals surface area (Å²) in [6.45, 7) is 0.754. The lowest BCUT2D eigenvalue weighted by Crippen LogP contribution is -2.74. The molecule has 10 heteroatoms. The van der Waals surface area contributed by atoms with Crippen molar-refractivity contribution in [1.29, 1.82) is 0 Å². The van der Waals surface area contributed by atoms with Gasteiger partial charge in [0.05, 0.1) is 17.5 Å². The molecule has 2 aromatic rings. The van der Waals surface area contributed by atoms with Crippen molar-refractivity contribution in [3.8, 4) is 16.9 Å². The number of amides is 1. The lowest BCUT2D eigenvalue weighted by Gasteiger charge is -2.52. The van der Waals surface area contributed by atoms with Gasteiger partial charge in [0.1, 0.15) is 5.75 Å². The number of carbonyl (C=O) groups is 5. The average molecular weight is 548 g/mol. The molecule has 0 radical (unpaired) electrons. The van der Waals surface area contributed by atoms with E-state index in [0.29, 0.717) is 5.56 Å². The van der Waals surface area contributed by atoms with Gasteiger partial charge >= 0.3 is 0 Å². The second kappa shape index (κ2) is 9.72. The van der Waals surface area contributed by atoms with Gasteiger partial charge in [-0.3, -0.25) is 28.9 Å². The highest BCUT2D eigenvalue weighted by Crippen LogP contribution is 2.51. The second-order valence-corrected chi connectivity index (χ2v) is 11.7. The number of ketones is 4. The Morgan fingerprint density at radius 3 is 2.23 bits per heavy atom. The van der Waals surface area contributed by atoms with Gasteiger partial charge < -0.3 is 20.8 Å². The number of aliphatic hydroxyl groups is 1. The largest absolute Gasteiger partial charge is 0.507 e. The van der Waals surface area contributed by atoms with Crippen LogP contribution in [0.2, 0.25) is 0 Å². The number of nitrogens with zero attached hydrogens (tertiary/aromatic N) is 2. The number of hydrogen-bond acceptors (Lipinski definition) is 9. The number of nitrogens with two attached hydrogens (primary N) is 1. The summed E-state index contributed by atoms with van der Waals surface area (Å²) in [4.78, 5) is 70.0. The molecule has 4 N–H and O–H groups in total. The molecule has 6 atom stereocenters. The third kappa shape index (κ3) is 4.01. The van der Waals surface area contributed by atoms with Crippen molar-refractivity contribution in [3.05, 3.63) is 53.1 Å². The van der Waals surface area contributed by atoms with Gasteiger partial charge in [0.2, 0.25) is 5.91 Å². The van der Waals surface area contributed by atoms with Gasteiger partial charge in [-0.2, -0.15) is 0 Å². The third-order valence-electron chi connectivity index (χ3n) is 8.71. The first-order chi connectivity index (χ1) is 18.8. The minimum atomic E-state index is -2.73. The number of phenolic OH excluding ortho intramolecular Hbond substituents is 1. The van der Waals surface area contributed by atoms with Crippen LogP contribution in [-0.4, -0.2) is 88.9 Å². The summed E-state index contributed by atoms with van der Waals surface area (Å²) < 4.78 is 0. The Hall–Kier alpha value is -3.73. The molecule has 0 bridgehead atoms. The molecule has 2 saturated carbocycles. The monoisotopic (exact) mass is 547 g/mol. The molecule has 5 rings (SSSR count). The van der Waals surface area contributed by atoms with Crippen LogP contribution in [0.3, 0.4) is 0 Å². The summed E-state index contributed by atoms with van der Waals surface area (Å²) in [6.07, 6.45) is 0.232. The first kappa shape index (κ1) is 27.8. The predicted octanol–water partition coefficient (Wildman–Crippen LogP) is 0.596. The molecule has 3 unspecified atom stereocenters. The topological polar surface area (TPSA) is 158 Å². The number of carbonyl (C=O) groups excluding carboxylic acids is 5. The fourth-order valence-electron chi connectivity index (χ4n) is 7.03. The first-order valence-electron chi connectivity index (χ1n) is 13.2. The average Bonchev–Trinajstić information content (AvgIpc) is 2.86. The Morgan fingerprint density at radius 2 is 1.65 bits per heavy atom. The number of primary amides is 1. The van der Waals surface area contributed by atoms with E-state index in [1.807, 2.05) is 43.3 Å². The molecule has 10 nitrogen and oxygen atoms in total. The minimum absolute atomic E-state index is 0.0125. The van der Waals surface area contributed by atoms with Crippen LogP contribution in [0.4, 0.5) is 0 Å². The van der Waals surface area contributed by atoms with Crippen molar-refractivity contribution in [3.63, 3.8) is 0 Å². The maximum Gasteiger partial charge on any atom is 0.235 e. The number of fused-ring (bicyclic) bond motifs is 3. The Kier molecular flexibility index (Phi) is 6.76. The molecule has 0 aromatic heterocycles. The van der Waals surface area contributed by atoms with E-state index in [-0.39, 0.29) is 24.2 Å². The Bertz CT molecular complexity index is 1450. The summed E-state index contributed by atoms with van der Waals surface area (Å²) in [5, 5.41) is 22.4. The minimum Gasteiger partial charge on any atom is -0.507 e. The molecular formula is C30H33N3O7. The summed E-state index contributed by atoms with van der Waals surface area (Å²) in [5.74, 6) is -10.5. The molecule has 0 aliphatic heterocycles. The zero-order valence-electron chi connectivity index (χ0n) is 22.9. The summed E-state index contributed by atoms with van der Waals surface area (Å²) in [6, 6.07) is 9.87. The van der Waals surface area contributed by atoms with Gasteiger partial charge in [0, 0.05) is 12.5 Å². The molecule has 0 spiro atoms. The number of benzene rings is 2. The lowest BCUT2D eigenvalue weighted by atomic mass is 9.52. The Balaban J connectivity index is 1.60. The number of phenols is 1. The van der Waals surface area contributed by atoms with Crippen LogP contribution in [0, 0.1) is 23.7 Å². The molecule has 3 aliphatic carbocycles. The van der Waals surface area contributed by atoms with Gasteiger partial charge in [-0.25, -0.2) is 0 Å². The molecule has 1 amide bonds. The molecule has 2 fully saturated rings. The lowest BCUT2D eigenvalue weighted by molar-refractivity contribution is -0.181. The molecule has 0 heterocycles. The normalized spacial score (nSPS) is 29.8. The number of hydrogen-bond donors (Lipinski definition) is 3. The van der Waals surface area contributed by atoms with E-state index in [2.05, 4.69) is 0 Å². The highest BCUT2D eigenvalue weighted by molar-refractivity contribution is 6.32. The van der Waals surface area contributed by atoms with Gasteiger partial charge in [0.25, 0.3) is 0 Å². The molecule has 3 aliphatic rings. The van der Waals surface area contributed by atoms with E-state index in [4.69, 9.17) is 5.73 Å². The van der Waals surface area contributed by atoms with Crippen LogP contribution in [0.25, 0.3) is 11.1 Å².